The van der Waals surface area contributed by atoms with Crippen molar-refractivity contribution < 1.29 is 23.0 Å². The van der Waals surface area contributed by atoms with Crippen LogP contribution in [0.25, 0.3) is 22.0 Å². The molecule has 9 heteroatoms. The summed E-state index contributed by atoms with van der Waals surface area (Å²) in [5, 5.41) is 13.3. The van der Waals surface area contributed by atoms with Crippen LogP contribution in [0, 0.1) is 0 Å². The van der Waals surface area contributed by atoms with E-state index >= 15 is 0 Å². The molecule has 0 unspecified atom stereocenters. The van der Waals surface area contributed by atoms with Crippen molar-refractivity contribution in [2.75, 3.05) is 10.6 Å². The van der Waals surface area contributed by atoms with Crippen LogP contribution in [0.15, 0.2) is 97.1 Å². The number of carbonyl (C=O) groups is 1. The topological polar surface area (TPSA) is 88.3 Å². The molecule has 4 aromatic carbocycles. The van der Waals surface area contributed by atoms with Gasteiger partial charge in [0.2, 0.25) is 0 Å². The van der Waals surface area contributed by atoms with E-state index in [1.54, 1.807) is 36.4 Å². The Labute approximate surface area is 211 Å². The molecule has 2 amide bonds. The third-order valence-electron chi connectivity index (χ3n) is 5.60. The number of fused-ring (bicyclic) bond motifs is 1. The van der Waals surface area contributed by atoms with E-state index in [1.165, 1.54) is 6.07 Å². The number of carbonyl (C=O) groups excluding carboxylic acids is 1. The minimum atomic E-state index is -2.92. The number of hydrogen-bond acceptors (Lipinski definition) is 4. The molecule has 0 atom stereocenters. The number of benzene rings is 4. The third-order valence-corrected chi connectivity index (χ3v) is 5.60. The molecule has 3 N–H and O–H groups in total. The van der Waals surface area contributed by atoms with Crippen LogP contribution < -0.4 is 20.1 Å². The summed E-state index contributed by atoms with van der Waals surface area (Å²) >= 11 is 0. The number of para-hydroxylation sites is 1. The molecule has 37 heavy (non-hydrogen) atoms. The van der Waals surface area contributed by atoms with Crippen molar-refractivity contribution in [3.8, 4) is 22.6 Å². The summed E-state index contributed by atoms with van der Waals surface area (Å²) in [4.78, 5) is 12.5. The van der Waals surface area contributed by atoms with Crippen LogP contribution in [0.2, 0.25) is 0 Å². The van der Waals surface area contributed by atoms with Gasteiger partial charge in [-0.05, 0) is 41.5 Å². The van der Waals surface area contributed by atoms with Crippen molar-refractivity contribution in [2.24, 2.45) is 0 Å². The highest BCUT2D eigenvalue weighted by Crippen LogP contribution is 2.27. The average molecular weight is 501 g/mol. The molecule has 0 aliphatic heterocycles. The average Bonchev–Trinajstić information content (AvgIpc) is 3.30. The Balaban J connectivity index is 1.21. The lowest BCUT2D eigenvalue weighted by atomic mass is 10.1. The SMILES string of the molecule is O=C(Nc1ccc(-c2ccccc2)cc1)Nc1n[nH]c2cc(OCc3ccccc3OC(F)F)ccc12. The number of anilines is 2. The van der Waals surface area contributed by atoms with Gasteiger partial charge in [-0.3, -0.25) is 10.4 Å². The lowest BCUT2D eigenvalue weighted by molar-refractivity contribution is -0.0508. The number of halogens is 2. The minimum Gasteiger partial charge on any atom is -0.489 e. The van der Waals surface area contributed by atoms with Gasteiger partial charge in [-0.2, -0.15) is 13.9 Å². The lowest BCUT2D eigenvalue weighted by Gasteiger charge is -2.11. The number of aromatic nitrogens is 2. The van der Waals surface area contributed by atoms with Crippen LogP contribution in [-0.2, 0) is 6.61 Å². The molecule has 186 valence electrons. The van der Waals surface area contributed by atoms with Crippen LogP contribution >= 0.6 is 0 Å². The van der Waals surface area contributed by atoms with E-state index in [2.05, 4.69) is 25.6 Å². The van der Waals surface area contributed by atoms with Gasteiger partial charge >= 0.3 is 12.6 Å². The number of amides is 2. The van der Waals surface area contributed by atoms with Gasteiger partial charge in [0.15, 0.2) is 5.82 Å². The maximum absolute atomic E-state index is 12.6. The van der Waals surface area contributed by atoms with Crippen LogP contribution in [0.5, 0.6) is 11.5 Å². The molecule has 0 spiro atoms. The van der Waals surface area contributed by atoms with Gasteiger partial charge in [-0.15, -0.1) is 0 Å². The van der Waals surface area contributed by atoms with Crippen molar-refractivity contribution in [1.82, 2.24) is 10.2 Å². The molecular weight excluding hydrogens is 478 g/mol. The van der Waals surface area contributed by atoms with Crippen molar-refractivity contribution in [1.29, 1.82) is 0 Å². The van der Waals surface area contributed by atoms with Crippen LogP contribution in [0.4, 0.5) is 25.1 Å². The number of H-pyrrole nitrogens is 1. The second-order valence-corrected chi connectivity index (χ2v) is 8.08. The van der Waals surface area contributed by atoms with E-state index in [0.717, 1.165) is 11.1 Å². The molecule has 0 aliphatic carbocycles. The van der Waals surface area contributed by atoms with Gasteiger partial charge in [0.25, 0.3) is 0 Å². The Bertz CT molecular complexity index is 1510. The molecule has 0 aliphatic rings. The van der Waals surface area contributed by atoms with E-state index in [1.807, 2.05) is 54.6 Å². The molecule has 0 fully saturated rings. The largest absolute Gasteiger partial charge is 0.489 e. The predicted molar refractivity (Wildman–Crippen MR) is 138 cm³/mol. The molecule has 5 aromatic rings. The van der Waals surface area contributed by atoms with E-state index in [-0.39, 0.29) is 12.4 Å². The zero-order valence-electron chi connectivity index (χ0n) is 19.4. The van der Waals surface area contributed by atoms with E-state index in [9.17, 15) is 13.6 Å². The zero-order chi connectivity index (χ0) is 25.6. The first kappa shape index (κ1) is 23.8. The number of aromatic amines is 1. The first-order valence-electron chi connectivity index (χ1n) is 11.4. The minimum absolute atomic E-state index is 0.0408. The first-order valence-corrected chi connectivity index (χ1v) is 11.4. The van der Waals surface area contributed by atoms with Crippen molar-refractivity contribution >= 4 is 28.4 Å². The summed E-state index contributed by atoms with van der Waals surface area (Å²) in [6.07, 6.45) is 0. The van der Waals surface area contributed by atoms with Crippen LogP contribution in [-0.4, -0.2) is 22.8 Å². The van der Waals surface area contributed by atoms with E-state index < -0.39 is 12.6 Å². The summed E-state index contributed by atoms with van der Waals surface area (Å²) in [6.45, 7) is -2.88. The lowest BCUT2D eigenvalue weighted by Crippen LogP contribution is -2.19. The quantitative estimate of drug-likeness (QED) is 0.213. The number of urea groups is 1. The summed E-state index contributed by atoms with van der Waals surface area (Å²) in [5.41, 5.74) is 3.91. The molecule has 1 heterocycles. The number of nitrogens with zero attached hydrogens (tertiary/aromatic N) is 1. The molecule has 0 saturated heterocycles. The smallest absolute Gasteiger partial charge is 0.387 e. The van der Waals surface area contributed by atoms with Gasteiger partial charge in [0.05, 0.1) is 5.52 Å². The monoisotopic (exact) mass is 500 g/mol. The summed E-state index contributed by atoms with van der Waals surface area (Å²) in [7, 11) is 0. The van der Waals surface area contributed by atoms with Crippen molar-refractivity contribution in [2.45, 2.75) is 13.2 Å². The highest BCUT2D eigenvalue weighted by molar-refractivity contribution is 6.04. The first-order chi connectivity index (χ1) is 18.0. The number of ether oxygens (including phenoxy) is 2. The molecule has 1 aromatic heterocycles. The Kier molecular flexibility index (Phi) is 6.93. The molecule has 0 saturated carbocycles. The Hall–Kier alpha value is -4.92. The number of rotatable bonds is 8. The van der Waals surface area contributed by atoms with Crippen LogP contribution in [0.3, 0.4) is 0 Å². The maximum Gasteiger partial charge on any atom is 0.387 e. The number of nitrogens with one attached hydrogen (secondary N) is 3. The van der Waals surface area contributed by atoms with Gasteiger partial charge in [0, 0.05) is 22.7 Å². The predicted octanol–water partition coefficient (Wildman–Crippen LogP) is 7.05. The normalized spacial score (nSPS) is 10.9. The van der Waals surface area contributed by atoms with E-state index in [0.29, 0.717) is 33.7 Å². The number of alkyl halides is 2. The molecule has 0 bridgehead atoms. The fraction of sp³-hybridized carbons (Fsp3) is 0.0714. The van der Waals surface area contributed by atoms with Crippen LogP contribution in [0.1, 0.15) is 5.56 Å². The van der Waals surface area contributed by atoms with Gasteiger partial charge in [0.1, 0.15) is 18.1 Å². The Morgan fingerprint density at radius 1 is 0.865 bits per heavy atom. The van der Waals surface area contributed by atoms with Gasteiger partial charge in [-0.1, -0.05) is 60.7 Å². The summed E-state index contributed by atoms with van der Waals surface area (Å²) < 4.78 is 35.5. The second-order valence-electron chi connectivity index (χ2n) is 8.08. The van der Waals surface area contributed by atoms with Crippen molar-refractivity contribution in [3.63, 3.8) is 0 Å². The van der Waals surface area contributed by atoms with E-state index in [4.69, 9.17) is 4.74 Å². The number of hydrogen-bond donors (Lipinski definition) is 3. The standard InChI is InChI=1S/C28H22F2N4O3/c29-27(30)37-25-9-5-4-8-20(25)17-36-22-14-15-23-24(16-22)33-34-26(23)32-28(35)31-21-12-10-19(11-13-21)18-6-2-1-3-7-18/h1-16,27H,17H2,(H3,31,32,33,34,35). The van der Waals surface area contributed by atoms with Gasteiger partial charge < -0.3 is 14.8 Å². The second kappa shape index (κ2) is 10.8. The highest BCUT2D eigenvalue weighted by Gasteiger charge is 2.12. The fourth-order valence-corrected chi connectivity index (χ4v) is 3.83. The fourth-order valence-electron chi connectivity index (χ4n) is 3.83. The Morgan fingerprint density at radius 2 is 1.59 bits per heavy atom. The third kappa shape index (κ3) is 5.84. The highest BCUT2D eigenvalue weighted by atomic mass is 19.3. The molecular formula is C28H22F2N4O3. The summed E-state index contributed by atoms with van der Waals surface area (Å²) in [6, 6.07) is 28.7. The Morgan fingerprint density at radius 3 is 2.38 bits per heavy atom. The molecule has 7 nitrogen and oxygen atoms in total. The van der Waals surface area contributed by atoms with Crippen molar-refractivity contribution in [3.05, 3.63) is 103 Å². The zero-order valence-corrected chi connectivity index (χ0v) is 19.4. The maximum atomic E-state index is 12.6. The summed E-state index contributed by atoms with van der Waals surface area (Å²) in [5.74, 6) is 0.917. The van der Waals surface area contributed by atoms with Gasteiger partial charge in [-0.25, -0.2) is 4.79 Å². The molecule has 0 radical (unpaired) electrons. The molecule has 5 rings (SSSR count).